The Labute approximate surface area is 208 Å². The largest absolute Gasteiger partial charge is 0.481 e. The van der Waals surface area contributed by atoms with Gasteiger partial charge in [0, 0.05) is 17.0 Å². The van der Waals surface area contributed by atoms with Crippen LogP contribution in [0.3, 0.4) is 0 Å². The van der Waals surface area contributed by atoms with Crippen molar-refractivity contribution in [2.24, 2.45) is 11.8 Å². The number of thioether (sulfide) groups is 1. The molecule has 1 aliphatic heterocycles. The van der Waals surface area contributed by atoms with E-state index >= 15 is 0 Å². The van der Waals surface area contributed by atoms with Crippen molar-refractivity contribution < 1.29 is 37.5 Å². The van der Waals surface area contributed by atoms with E-state index in [1.54, 1.807) is 36.4 Å². The third-order valence-corrected chi connectivity index (χ3v) is 7.22. The summed E-state index contributed by atoms with van der Waals surface area (Å²) in [7, 11) is 0. The highest BCUT2D eigenvalue weighted by atomic mass is 32.2. The number of nitrogens with one attached hydrogen (secondary N) is 1. The molecule has 2 aliphatic rings. The first-order valence-electron chi connectivity index (χ1n) is 11.0. The van der Waals surface area contributed by atoms with Crippen LogP contribution in [-0.4, -0.2) is 34.0 Å². The zero-order valence-electron chi connectivity index (χ0n) is 18.7. The van der Waals surface area contributed by atoms with Crippen LogP contribution in [0.1, 0.15) is 24.8 Å². The number of hydrogen-bond donors (Lipinski definition) is 2. The normalized spacial score (nSPS) is 22.1. The van der Waals surface area contributed by atoms with E-state index in [0.717, 1.165) is 34.9 Å². The molecule has 2 aromatic carbocycles. The maximum atomic E-state index is 13.0. The summed E-state index contributed by atoms with van der Waals surface area (Å²) >= 11 is 1.10. The summed E-state index contributed by atoms with van der Waals surface area (Å²) in [5, 5.41) is 11.3. The minimum Gasteiger partial charge on any atom is -0.481 e. The van der Waals surface area contributed by atoms with E-state index in [4.69, 9.17) is 0 Å². The average molecular weight is 519 g/mol. The van der Waals surface area contributed by atoms with Gasteiger partial charge < -0.3 is 10.4 Å². The number of carboxylic acid groups (broad SMARTS) is 1. The predicted molar refractivity (Wildman–Crippen MR) is 126 cm³/mol. The topological polar surface area (TPSA) is 104 Å². The van der Waals surface area contributed by atoms with Crippen molar-refractivity contribution in [3.63, 3.8) is 0 Å². The molecule has 36 heavy (non-hydrogen) atoms. The molecule has 11 heteroatoms. The van der Waals surface area contributed by atoms with E-state index < -0.39 is 52.5 Å². The number of anilines is 2. The fourth-order valence-electron chi connectivity index (χ4n) is 4.18. The van der Waals surface area contributed by atoms with Gasteiger partial charge in [-0.2, -0.15) is 13.2 Å². The third-order valence-electron chi connectivity index (χ3n) is 6.02. The van der Waals surface area contributed by atoms with E-state index in [1.165, 1.54) is 6.07 Å². The number of benzene rings is 2. The first-order valence-corrected chi connectivity index (χ1v) is 11.9. The van der Waals surface area contributed by atoms with E-state index in [2.05, 4.69) is 5.32 Å². The molecule has 0 aromatic heterocycles. The van der Waals surface area contributed by atoms with Crippen molar-refractivity contribution in [2.45, 2.75) is 35.6 Å². The van der Waals surface area contributed by atoms with Crippen molar-refractivity contribution in [1.82, 2.24) is 0 Å². The Bertz CT molecular complexity index is 1230. The molecule has 1 aliphatic carbocycles. The number of allylic oxidation sites excluding steroid dienone is 2. The highest BCUT2D eigenvalue weighted by Gasteiger charge is 2.41. The SMILES string of the molecule is O=C(O)[C@@H]1CC=CC[C@H]1C(=O)Nc1ccc(S[C@H]2CC(=O)N(c3cccc(C(F)(F)F)c3)C2=O)cc1. The van der Waals surface area contributed by atoms with Crippen LogP contribution in [-0.2, 0) is 25.4 Å². The van der Waals surface area contributed by atoms with Gasteiger partial charge in [-0.05, 0) is 55.3 Å². The Hall–Kier alpha value is -3.60. The summed E-state index contributed by atoms with van der Waals surface area (Å²) < 4.78 is 39.1. The molecule has 188 valence electrons. The van der Waals surface area contributed by atoms with Crippen molar-refractivity contribution in [1.29, 1.82) is 0 Å². The Morgan fingerprint density at radius 2 is 1.67 bits per heavy atom. The standard InChI is InChI=1S/C25H21F3N2O5S/c26-25(27,28)14-4-3-5-16(12-14)30-21(31)13-20(23(30)33)36-17-10-8-15(9-11-17)29-22(32)18-6-1-2-7-19(18)24(34)35/h1-5,8-12,18-20H,6-7,13H2,(H,29,32)(H,34,35)/t18-,19-,20+/m1/s1. The predicted octanol–water partition coefficient (Wildman–Crippen LogP) is 4.74. The number of carbonyl (C=O) groups is 4. The molecular weight excluding hydrogens is 497 g/mol. The summed E-state index contributed by atoms with van der Waals surface area (Å²) in [4.78, 5) is 50.8. The van der Waals surface area contributed by atoms with Crippen LogP contribution in [0.15, 0.2) is 65.6 Å². The molecule has 0 radical (unpaired) electrons. The molecule has 0 unspecified atom stereocenters. The zero-order chi connectivity index (χ0) is 26.0. The van der Waals surface area contributed by atoms with Crippen LogP contribution in [0.25, 0.3) is 0 Å². The third kappa shape index (κ3) is 5.46. The van der Waals surface area contributed by atoms with Crippen LogP contribution in [0.2, 0.25) is 0 Å². The quantitative estimate of drug-likeness (QED) is 0.423. The second-order valence-corrected chi connectivity index (χ2v) is 9.71. The first-order chi connectivity index (χ1) is 17.0. The number of carboxylic acids is 1. The van der Waals surface area contributed by atoms with E-state index in [-0.39, 0.29) is 18.5 Å². The number of rotatable bonds is 6. The lowest BCUT2D eigenvalue weighted by atomic mass is 9.82. The van der Waals surface area contributed by atoms with Gasteiger partial charge in [0.1, 0.15) is 0 Å². The molecule has 2 N–H and O–H groups in total. The fourth-order valence-corrected chi connectivity index (χ4v) is 5.24. The molecule has 2 aromatic rings. The van der Waals surface area contributed by atoms with Crippen LogP contribution >= 0.6 is 11.8 Å². The van der Waals surface area contributed by atoms with Gasteiger partial charge in [0.2, 0.25) is 17.7 Å². The molecule has 3 atom stereocenters. The minimum absolute atomic E-state index is 0.127. The summed E-state index contributed by atoms with van der Waals surface area (Å²) in [6.07, 6.45) is -0.616. The molecule has 0 bridgehead atoms. The number of aliphatic carboxylic acids is 1. The Morgan fingerprint density at radius 1 is 1.00 bits per heavy atom. The maximum Gasteiger partial charge on any atom is 0.416 e. The Morgan fingerprint density at radius 3 is 2.31 bits per heavy atom. The van der Waals surface area contributed by atoms with Gasteiger partial charge >= 0.3 is 12.1 Å². The number of amides is 3. The second-order valence-electron chi connectivity index (χ2n) is 8.43. The minimum atomic E-state index is -4.60. The zero-order valence-corrected chi connectivity index (χ0v) is 19.5. The lowest BCUT2D eigenvalue weighted by Crippen LogP contribution is -2.34. The molecule has 1 fully saturated rings. The van der Waals surface area contributed by atoms with Crippen LogP contribution in [0, 0.1) is 11.8 Å². The van der Waals surface area contributed by atoms with Crippen molar-refractivity contribution >= 4 is 46.8 Å². The number of hydrogen-bond acceptors (Lipinski definition) is 5. The average Bonchev–Trinajstić information content (AvgIpc) is 3.12. The lowest BCUT2D eigenvalue weighted by molar-refractivity contribution is -0.146. The summed E-state index contributed by atoms with van der Waals surface area (Å²) in [5.41, 5.74) is -0.631. The number of imide groups is 1. The Balaban J connectivity index is 1.41. The van der Waals surface area contributed by atoms with Gasteiger partial charge in [-0.25, -0.2) is 4.90 Å². The van der Waals surface area contributed by atoms with Gasteiger partial charge in [-0.1, -0.05) is 18.2 Å². The number of carbonyl (C=O) groups excluding carboxylic acids is 3. The van der Waals surface area contributed by atoms with Crippen molar-refractivity contribution in [3.8, 4) is 0 Å². The molecule has 1 heterocycles. The van der Waals surface area contributed by atoms with Gasteiger partial charge in [-0.15, -0.1) is 11.8 Å². The lowest BCUT2D eigenvalue weighted by Gasteiger charge is -2.24. The van der Waals surface area contributed by atoms with Gasteiger partial charge in [0.05, 0.1) is 28.3 Å². The Kier molecular flexibility index (Phi) is 7.21. The number of alkyl halides is 3. The molecule has 4 rings (SSSR count). The van der Waals surface area contributed by atoms with E-state index in [1.807, 2.05) is 0 Å². The van der Waals surface area contributed by atoms with E-state index in [0.29, 0.717) is 17.0 Å². The molecule has 0 spiro atoms. The molecule has 3 amide bonds. The first kappa shape index (κ1) is 25.5. The molecule has 0 saturated carbocycles. The molecular formula is C25H21F3N2O5S. The number of nitrogens with zero attached hydrogens (tertiary/aromatic N) is 1. The highest BCUT2D eigenvalue weighted by Crippen LogP contribution is 2.37. The monoisotopic (exact) mass is 518 g/mol. The number of halogens is 3. The molecule has 1 saturated heterocycles. The van der Waals surface area contributed by atoms with Crippen molar-refractivity contribution in [2.75, 3.05) is 10.2 Å². The molecule has 7 nitrogen and oxygen atoms in total. The van der Waals surface area contributed by atoms with Gasteiger partial charge in [0.25, 0.3) is 0 Å². The second kappa shape index (κ2) is 10.2. The van der Waals surface area contributed by atoms with Gasteiger partial charge in [-0.3, -0.25) is 19.2 Å². The fraction of sp³-hybridized carbons (Fsp3) is 0.280. The summed E-state index contributed by atoms with van der Waals surface area (Å²) in [5.74, 6) is -4.11. The maximum absolute atomic E-state index is 13.0. The highest BCUT2D eigenvalue weighted by molar-refractivity contribution is 8.00. The van der Waals surface area contributed by atoms with Crippen LogP contribution < -0.4 is 10.2 Å². The summed E-state index contributed by atoms with van der Waals surface area (Å²) in [6.45, 7) is 0. The summed E-state index contributed by atoms with van der Waals surface area (Å²) in [6, 6.07) is 10.5. The van der Waals surface area contributed by atoms with Crippen molar-refractivity contribution in [3.05, 3.63) is 66.2 Å². The van der Waals surface area contributed by atoms with E-state index in [9.17, 15) is 37.5 Å². The van der Waals surface area contributed by atoms with Crippen LogP contribution in [0.4, 0.5) is 24.5 Å². The smallest absolute Gasteiger partial charge is 0.416 e. The van der Waals surface area contributed by atoms with Crippen LogP contribution in [0.5, 0.6) is 0 Å². The van der Waals surface area contributed by atoms with Gasteiger partial charge in [0.15, 0.2) is 0 Å².